The van der Waals surface area contributed by atoms with E-state index in [4.69, 9.17) is 11.6 Å². The normalized spacial score (nSPS) is 16.0. The Bertz CT molecular complexity index is 838. The molecule has 0 unspecified atom stereocenters. The lowest BCUT2D eigenvalue weighted by Crippen LogP contribution is -2.34. The van der Waals surface area contributed by atoms with Crippen molar-refractivity contribution in [1.29, 1.82) is 0 Å². The van der Waals surface area contributed by atoms with Crippen LogP contribution in [0, 0.1) is 5.92 Å². The molecule has 2 aromatic carbocycles. The van der Waals surface area contributed by atoms with Gasteiger partial charge in [-0.05, 0) is 55.0 Å². The molecule has 0 radical (unpaired) electrons. The van der Waals surface area contributed by atoms with E-state index in [1.807, 2.05) is 18.2 Å². The summed E-state index contributed by atoms with van der Waals surface area (Å²) in [6.45, 7) is 1.95. The van der Waals surface area contributed by atoms with Gasteiger partial charge in [-0.1, -0.05) is 23.7 Å². The molecule has 0 bridgehead atoms. The number of piperidine rings is 1. The number of benzene rings is 2. The lowest BCUT2D eigenvalue weighted by molar-refractivity contribution is 0.399. The van der Waals surface area contributed by atoms with E-state index in [2.05, 4.69) is 28.1 Å². The molecule has 1 aliphatic rings. The molecule has 3 aromatic rings. The Balaban J connectivity index is 1.43. The highest BCUT2D eigenvalue weighted by atomic mass is 35.5. The van der Waals surface area contributed by atoms with E-state index in [0.717, 1.165) is 53.3 Å². The highest BCUT2D eigenvalue weighted by molar-refractivity contribution is 7.16. The zero-order valence-corrected chi connectivity index (χ0v) is 14.9. The van der Waals surface area contributed by atoms with Gasteiger partial charge in [-0.2, -0.15) is 0 Å². The molecule has 1 N–H and O–H groups in total. The first kappa shape index (κ1) is 15.7. The number of halogens is 1. The van der Waals surface area contributed by atoms with Gasteiger partial charge in [0.1, 0.15) is 5.52 Å². The lowest BCUT2D eigenvalue weighted by atomic mass is 9.90. The Morgan fingerprint density at radius 1 is 1.12 bits per heavy atom. The monoisotopic (exact) mass is 358 g/mol. The number of fused-ring (bicyclic) bond motifs is 1. The van der Waals surface area contributed by atoms with Gasteiger partial charge in [0.25, 0.3) is 0 Å². The Morgan fingerprint density at radius 2 is 1.88 bits per heavy atom. The number of nitrogens with zero attached hydrogens (tertiary/aromatic N) is 2. The van der Waals surface area contributed by atoms with Gasteiger partial charge in [0.2, 0.25) is 0 Å². The minimum atomic E-state index is 0.324. The van der Waals surface area contributed by atoms with Crippen LogP contribution in [0.4, 0.5) is 5.69 Å². The molecule has 5 heteroatoms. The van der Waals surface area contributed by atoms with Gasteiger partial charge in [-0.15, -0.1) is 11.3 Å². The molecule has 1 aliphatic heterocycles. The third-order valence-electron chi connectivity index (χ3n) is 4.85. The number of rotatable bonds is 3. The topological polar surface area (TPSA) is 36.4 Å². The fraction of sp³-hybridized carbons (Fsp3) is 0.316. The van der Waals surface area contributed by atoms with E-state index < -0.39 is 0 Å². The number of phenols is 1. The van der Waals surface area contributed by atoms with Gasteiger partial charge < -0.3 is 10.0 Å². The molecule has 1 fully saturated rings. The molecule has 2 heterocycles. The smallest absolute Gasteiger partial charge is 0.166 e. The van der Waals surface area contributed by atoms with Crippen LogP contribution < -0.4 is 4.90 Å². The first-order valence-electron chi connectivity index (χ1n) is 8.25. The standard InChI is InChI=1S/C19H19ClN2OS/c20-15-3-1-13(2-4-15)11-14-7-9-22(10-8-14)16-5-6-17-18(19(16)23)21-12-24-17/h1-6,12,14,23H,7-11H2. The van der Waals surface area contributed by atoms with Crippen molar-refractivity contribution in [3.05, 3.63) is 52.5 Å². The first-order valence-corrected chi connectivity index (χ1v) is 9.51. The zero-order chi connectivity index (χ0) is 16.5. The van der Waals surface area contributed by atoms with E-state index in [-0.39, 0.29) is 0 Å². The van der Waals surface area contributed by atoms with Gasteiger partial charge in [0, 0.05) is 18.1 Å². The fourth-order valence-electron chi connectivity index (χ4n) is 3.49. The Hall–Kier alpha value is -1.78. The molecule has 24 heavy (non-hydrogen) atoms. The van der Waals surface area contributed by atoms with Crippen LogP contribution in [0.1, 0.15) is 18.4 Å². The van der Waals surface area contributed by atoms with E-state index in [9.17, 15) is 5.11 Å². The number of hydrogen-bond donors (Lipinski definition) is 1. The third-order valence-corrected chi connectivity index (χ3v) is 5.89. The molecule has 3 nitrogen and oxygen atoms in total. The molecule has 0 aliphatic carbocycles. The first-order chi connectivity index (χ1) is 11.7. The minimum Gasteiger partial charge on any atom is -0.504 e. The third kappa shape index (κ3) is 3.08. The minimum absolute atomic E-state index is 0.324. The van der Waals surface area contributed by atoms with Crippen molar-refractivity contribution in [2.24, 2.45) is 5.92 Å². The predicted molar refractivity (Wildman–Crippen MR) is 101 cm³/mol. The average molecular weight is 359 g/mol. The molecule has 0 spiro atoms. The van der Waals surface area contributed by atoms with Gasteiger partial charge in [-0.3, -0.25) is 0 Å². The summed E-state index contributed by atoms with van der Waals surface area (Å²) in [5.74, 6) is 1.01. The van der Waals surface area contributed by atoms with Gasteiger partial charge in [0.15, 0.2) is 5.75 Å². The van der Waals surface area contributed by atoms with Crippen LogP contribution in [0.15, 0.2) is 41.9 Å². The van der Waals surface area contributed by atoms with Crippen LogP contribution in [0.5, 0.6) is 5.75 Å². The number of thiazole rings is 1. The van der Waals surface area contributed by atoms with E-state index >= 15 is 0 Å². The predicted octanol–water partition coefficient (Wildman–Crippen LogP) is 5.11. The van der Waals surface area contributed by atoms with Crippen LogP contribution in [0.25, 0.3) is 10.2 Å². The molecule has 0 amide bonds. The van der Waals surface area contributed by atoms with Crippen LogP contribution in [-0.4, -0.2) is 23.2 Å². The SMILES string of the molecule is Oc1c(N2CCC(Cc3ccc(Cl)cc3)CC2)ccc2scnc12. The summed E-state index contributed by atoms with van der Waals surface area (Å²) in [6.07, 6.45) is 3.37. The molecule has 0 atom stereocenters. The molecular weight excluding hydrogens is 340 g/mol. The van der Waals surface area contributed by atoms with E-state index in [1.165, 1.54) is 5.56 Å². The van der Waals surface area contributed by atoms with Crippen molar-refractivity contribution in [2.45, 2.75) is 19.3 Å². The highest BCUT2D eigenvalue weighted by Crippen LogP contribution is 2.37. The lowest BCUT2D eigenvalue weighted by Gasteiger charge is -2.34. The molecule has 1 saturated heterocycles. The van der Waals surface area contributed by atoms with Crippen LogP contribution in [0.3, 0.4) is 0 Å². The van der Waals surface area contributed by atoms with Gasteiger partial charge in [-0.25, -0.2) is 4.98 Å². The van der Waals surface area contributed by atoms with E-state index in [1.54, 1.807) is 16.8 Å². The second-order valence-electron chi connectivity index (χ2n) is 6.39. The summed E-state index contributed by atoms with van der Waals surface area (Å²) in [4.78, 5) is 6.57. The highest BCUT2D eigenvalue weighted by Gasteiger charge is 2.22. The van der Waals surface area contributed by atoms with Crippen molar-refractivity contribution in [3.63, 3.8) is 0 Å². The van der Waals surface area contributed by atoms with Crippen LogP contribution >= 0.6 is 22.9 Å². The Morgan fingerprint density at radius 3 is 2.62 bits per heavy atom. The van der Waals surface area contributed by atoms with Crippen LogP contribution in [-0.2, 0) is 6.42 Å². The summed E-state index contributed by atoms with van der Waals surface area (Å²) >= 11 is 7.52. The van der Waals surface area contributed by atoms with E-state index in [0.29, 0.717) is 11.7 Å². The molecule has 4 rings (SSSR count). The van der Waals surface area contributed by atoms with Crippen molar-refractivity contribution in [2.75, 3.05) is 18.0 Å². The fourth-order valence-corrected chi connectivity index (χ4v) is 4.30. The second kappa shape index (κ2) is 6.61. The summed E-state index contributed by atoms with van der Waals surface area (Å²) < 4.78 is 1.04. The maximum Gasteiger partial charge on any atom is 0.166 e. The Kier molecular flexibility index (Phi) is 4.33. The number of hydrogen-bond acceptors (Lipinski definition) is 4. The summed E-state index contributed by atoms with van der Waals surface area (Å²) in [6, 6.07) is 12.3. The summed E-state index contributed by atoms with van der Waals surface area (Å²) in [5.41, 5.74) is 4.77. The van der Waals surface area contributed by atoms with Gasteiger partial charge in [0.05, 0.1) is 15.9 Å². The summed E-state index contributed by atoms with van der Waals surface area (Å²) in [7, 11) is 0. The average Bonchev–Trinajstić information content (AvgIpc) is 3.08. The number of aromatic hydroxyl groups is 1. The maximum absolute atomic E-state index is 10.5. The zero-order valence-electron chi connectivity index (χ0n) is 13.3. The van der Waals surface area contributed by atoms with Crippen LogP contribution in [0.2, 0.25) is 5.02 Å². The Labute approximate surface area is 150 Å². The quantitative estimate of drug-likeness (QED) is 0.706. The summed E-state index contributed by atoms with van der Waals surface area (Å²) in [5, 5.41) is 11.3. The van der Waals surface area contributed by atoms with Crippen molar-refractivity contribution in [1.82, 2.24) is 4.98 Å². The maximum atomic E-state index is 10.5. The molecule has 124 valence electrons. The molecule has 0 saturated carbocycles. The van der Waals surface area contributed by atoms with Crippen molar-refractivity contribution >= 4 is 38.8 Å². The van der Waals surface area contributed by atoms with Gasteiger partial charge >= 0.3 is 0 Å². The number of phenolic OH excluding ortho intramolecular Hbond substituents is 1. The molecular formula is C19H19ClN2OS. The number of aromatic nitrogens is 1. The second-order valence-corrected chi connectivity index (χ2v) is 7.72. The molecule has 1 aromatic heterocycles. The van der Waals surface area contributed by atoms with Crippen molar-refractivity contribution < 1.29 is 5.11 Å². The van der Waals surface area contributed by atoms with Crippen molar-refractivity contribution in [3.8, 4) is 5.75 Å². The number of anilines is 1. The largest absolute Gasteiger partial charge is 0.504 e.